The van der Waals surface area contributed by atoms with Crippen LogP contribution in [0.25, 0.3) is 0 Å². The van der Waals surface area contributed by atoms with E-state index in [0.29, 0.717) is 37.1 Å². The SMILES string of the molecule is COCCNC(=O)[C@H](N[C@H](CCc1ccc(C(F)(F)F)nc1)c1ccc(F)c(C)c1)c1ccccc1. The molecule has 0 fully saturated rings. The number of hydrogen-bond acceptors (Lipinski definition) is 4. The number of rotatable bonds is 11. The van der Waals surface area contributed by atoms with E-state index in [-0.39, 0.29) is 11.7 Å². The van der Waals surface area contributed by atoms with Crippen molar-refractivity contribution in [3.63, 3.8) is 0 Å². The molecule has 2 aromatic carbocycles. The average Bonchev–Trinajstić information content (AvgIpc) is 2.86. The molecule has 36 heavy (non-hydrogen) atoms. The molecular weight excluding hydrogens is 474 g/mol. The zero-order valence-corrected chi connectivity index (χ0v) is 20.1. The Bertz CT molecular complexity index is 1120. The quantitative estimate of drug-likeness (QED) is 0.275. The van der Waals surface area contributed by atoms with E-state index in [0.717, 1.165) is 17.2 Å². The zero-order valence-electron chi connectivity index (χ0n) is 20.1. The molecule has 1 heterocycles. The number of methoxy groups -OCH3 is 1. The molecule has 3 aromatic rings. The normalized spacial score (nSPS) is 13.3. The summed E-state index contributed by atoms with van der Waals surface area (Å²) in [6.45, 7) is 2.34. The van der Waals surface area contributed by atoms with Gasteiger partial charge in [0.05, 0.1) is 6.61 Å². The summed E-state index contributed by atoms with van der Waals surface area (Å²) in [5, 5.41) is 6.24. The third-order valence-electron chi connectivity index (χ3n) is 5.79. The van der Waals surface area contributed by atoms with Crippen LogP contribution in [0.1, 0.15) is 46.5 Å². The first-order valence-electron chi connectivity index (χ1n) is 11.5. The summed E-state index contributed by atoms with van der Waals surface area (Å²) in [5.41, 5.74) is 1.63. The molecule has 9 heteroatoms. The second-order valence-corrected chi connectivity index (χ2v) is 8.44. The van der Waals surface area contributed by atoms with Gasteiger partial charge in [-0.25, -0.2) is 4.39 Å². The monoisotopic (exact) mass is 503 g/mol. The van der Waals surface area contributed by atoms with Crippen LogP contribution >= 0.6 is 0 Å². The van der Waals surface area contributed by atoms with Gasteiger partial charge in [0, 0.05) is 25.9 Å². The molecule has 0 radical (unpaired) electrons. The predicted molar refractivity (Wildman–Crippen MR) is 129 cm³/mol. The molecule has 5 nitrogen and oxygen atoms in total. The number of pyridine rings is 1. The Balaban J connectivity index is 1.86. The van der Waals surface area contributed by atoms with Crippen molar-refractivity contribution in [2.75, 3.05) is 20.3 Å². The van der Waals surface area contributed by atoms with Crippen molar-refractivity contribution in [1.29, 1.82) is 0 Å². The highest BCUT2D eigenvalue weighted by Crippen LogP contribution is 2.29. The van der Waals surface area contributed by atoms with Crippen molar-refractivity contribution in [3.05, 3.63) is 101 Å². The summed E-state index contributed by atoms with van der Waals surface area (Å²) in [7, 11) is 1.54. The molecule has 192 valence electrons. The van der Waals surface area contributed by atoms with E-state index in [1.165, 1.54) is 18.3 Å². The van der Waals surface area contributed by atoms with Crippen LogP contribution in [-0.2, 0) is 22.1 Å². The molecule has 0 aliphatic heterocycles. The number of carbonyl (C=O) groups excluding carboxylic acids is 1. The Morgan fingerprint density at radius 1 is 1.06 bits per heavy atom. The number of aromatic nitrogens is 1. The van der Waals surface area contributed by atoms with Gasteiger partial charge >= 0.3 is 6.18 Å². The second-order valence-electron chi connectivity index (χ2n) is 8.44. The van der Waals surface area contributed by atoms with Crippen molar-refractivity contribution in [2.24, 2.45) is 0 Å². The maximum Gasteiger partial charge on any atom is 0.433 e. The van der Waals surface area contributed by atoms with Crippen LogP contribution < -0.4 is 10.6 Å². The number of amides is 1. The van der Waals surface area contributed by atoms with Crippen LogP contribution in [0.3, 0.4) is 0 Å². The Kier molecular flexibility index (Phi) is 9.55. The largest absolute Gasteiger partial charge is 0.433 e. The minimum absolute atomic E-state index is 0.252. The van der Waals surface area contributed by atoms with Gasteiger partial charge in [-0.2, -0.15) is 13.2 Å². The van der Waals surface area contributed by atoms with Gasteiger partial charge < -0.3 is 10.1 Å². The van der Waals surface area contributed by atoms with E-state index in [4.69, 9.17) is 4.74 Å². The molecule has 2 atom stereocenters. The van der Waals surface area contributed by atoms with Crippen molar-refractivity contribution < 1.29 is 27.1 Å². The number of nitrogens with one attached hydrogen (secondary N) is 2. The number of carbonyl (C=O) groups is 1. The number of nitrogens with zero attached hydrogens (tertiary/aromatic N) is 1. The summed E-state index contributed by atoms with van der Waals surface area (Å²) in [6, 6.07) is 15.1. The Morgan fingerprint density at radius 3 is 2.42 bits per heavy atom. The molecule has 0 aliphatic rings. The van der Waals surface area contributed by atoms with Crippen LogP contribution in [0.2, 0.25) is 0 Å². The van der Waals surface area contributed by atoms with Gasteiger partial charge in [0.2, 0.25) is 5.91 Å². The Labute approximate surface area is 207 Å². The van der Waals surface area contributed by atoms with Gasteiger partial charge in [0.15, 0.2) is 0 Å². The van der Waals surface area contributed by atoms with Crippen molar-refractivity contribution in [3.8, 4) is 0 Å². The van der Waals surface area contributed by atoms with Gasteiger partial charge in [0.25, 0.3) is 0 Å². The lowest BCUT2D eigenvalue weighted by Crippen LogP contribution is -2.40. The van der Waals surface area contributed by atoms with Gasteiger partial charge in [-0.1, -0.05) is 48.5 Å². The molecule has 1 amide bonds. The number of benzene rings is 2. The first-order valence-corrected chi connectivity index (χ1v) is 11.5. The highest BCUT2D eigenvalue weighted by molar-refractivity contribution is 5.83. The third-order valence-corrected chi connectivity index (χ3v) is 5.79. The van der Waals surface area contributed by atoms with Gasteiger partial charge in [-0.05, 0) is 54.2 Å². The van der Waals surface area contributed by atoms with Gasteiger partial charge in [-0.15, -0.1) is 0 Å². The maximum absolute atomic E-state index is 14.0. The van der Waals surface area contributed by atoms with Crippen LogP contribution in [0.4, 0.5) is 17.6 Å². The molecule has 2 N–H and O–H groups in total. The van der Waals surface area contributed by atoms with E-state index in [2.05, 4.69) is 15.6 Å². The van der Waals surface area contributed by atoms with Crippen LogP contribution in [0.5, 0.6) is 0 Å². The summed E-state index contributed by atoms with van der Waals surface area (Å²) in [5.74, 6) is -0.598. The highest BCUT2D eigenvalue weighted by atomic mass is 19.4. The fourth-order valence-electron chi connectivity index (χ4n) is 3.83. The Morgan fingerprint density at radius 2 is 1.81 bits per heavy atom. The number of alkyl halides is 3. The number of halogens is 4. The number of aryl methyl sites for hydroxylation is 2. The minimum Gasteiger partial charge on any atom is -0.383 e. The van der Waals surface area contributed by atoms with Crippen molar-refractivity contribution in [1.82, 2.24) is 15.6 Å². The summed E-state index contributed by atoms with van der Waals surface area (Å²) in [6.07, 6.45) is -2.46. The molecular formula is C27H29F4N3O2. The topological polar surface area (TPSA) is 63.2 Å². The molecule has 0 saturated carbocycles. The maximum atomic E-state index is 14.0. The highest BCUT2D eigenvalue weighted by Gasteiger charge is 2.32. The minimum atomic E-state index is -4.51. The predicted octanol–water partition coefficient (Wildman–Crippen LogP) is 5.32. The number of ether oxygens (including phenoxy) is 1. The molecule has 0 spiro atoms. The van der Waals surface area contributed by atoms with Crippen LogP contribution in [0.15, 0.2) is 66.9 Å². The molecule has 0 unspecified atom stereocenters. The molecule has 0 saturated heterocycles. The first-order chi connectivity index (χ1) is 17.2. The average molecular weight is 504 g/mol. The summed E-state index contributed by atoms with van der Waals surface area (Å²) in [4.78, 5) is 16.6. The Hall–Kier alpha value is -3.30. The lowest BCUT2D eigenvalue weighted by Gasteiger charge is -2.27. The van der Waals surface area contributed by atoms with E-state index in [1.54, 1.807) is 26.2 Å². The fraction of sp³-hybridized carbons (Fsp3) is 0.333. The standard InChI is InChI=1S/C27H29F4N3O2/c1-18-16-21(10-11-22(18)28)23(12-8-19-9-13-24(33-17-19)27(29,30)31)34-25(20-6-4-3-5-7-20)26(35)32-14-15-36-2/h3-7,9-11,13,16-17,23,25,34H,8,12,14-15H2,1-2H3,(H,32,35)/t23-,25-/m1/s1. The summed E-state index contributed by atoms with van der Waals surface area (Å²) < 4.78 is 57.6. The third kappa shape index (κ3) is 7.60. The fourth-order valence-corrected chi connectivity index (χ4v) is 3.83. The van der Waals surface area contributed by atoms with E-state index < -0.39 is 24.0 Å². The molecule has 0 aliphatic carbocycles. The lowest BCUT2D eigenvalue weighted by atomic mass is 9.95. The molecule has 0 bridgehead atoms. The number of hydrogen-bond donors (Lipinski definition) is 2. The van der Waals surface area contributed by atoms with Crippen LogP contribution in [-0.4, -0.2) is 31.2 Å². The van der Waals surface area contributed by atoms with E-state index >= 15 is 0 Å². The lowest BCUT2D eigenvalue weighted by molar-refractivity contribution is -0.141. The van der Waals surface area contributed by atoms with Crippen molar-refractivity contribution >= 4 is 5.91 Å². The van der Waals surface area contributed by atoms with Gasteiger partial charge in [0.1, 0.15) is 17.6 Å². The zero-order chi connectivity index (χ0) is 26.1. The van der Waals surface area contributed by atoms with E-state index in [9.17, 15) is 22.4 Å². The molecule has 3 rings (SSSR count). The summed E-state index contributed by atoms with van der Waals surface area (Å²) >= 11 is 0. The first kappa shape index (κ1) is 27.3. The smallest absolute Gasteiger partial charge is 0.383 e. The molecule has 1 aromatic heterocycles. The van der Waals surface area contributed by atoms with Crippen molar-refractivity contribution in [2.45, 2.75) is 38.0 Å². The van der Waals surface area contributed by atoms with E-state index in [1.807, 2.05) is 30.3 Å². The van der Waals surface area contributed by atoms with Crippen LogP contribution in [0, 0.1) is 12.7 Å². The van der Waals surface area contributed by atoms with Gasteiger partial charge in [-0.3, -0.25) is 15.1 Å². The second kappa shape index (κ2) is 12.6.